The number of halogens is 1. The minimum absolute atomic E-state index is 0.178. The first-order valence-corrected chi connectivity index (χ1v) is 10.2. The van der Waals surface area contributed by atoms with Crippen LogP contribution in [0.2, 0.25) is 5.02 Å². The first-order chi connectivity index (χ1) is 13.4. The Morgan fingerprint density at radius 2 is 1.79 bits per heavy atom. The molecule has 1 aliphatic rings. The number of nitrogens with one attached hydrogen (secondary N) is 1. The molecule has 0 saturated carbocycles. The maximum atomic E-state index is 12.8. The Kier molecular flexibility index (Phi) is 4.96. The predicted molar refractivity (Wildman–Crippen MR) is 115 cm³/mol. The van der Waals surface area contributed by atoms with Gasteiger partial charge in [-0.1, -0.05) is 35.9 Å². The maximum absolute atomic E-state index is 12.8. The summed E-state index contributed by atoms with van der Waals surface area (Å²) in [5, 5.41) is 3.26. The molecular weight excluding hydrogens is 392 g/mol. The van der Waals surface area contributed by atoms with Crippen LogP contribution in [0, 0.1) is 0 Å². The Hall–Kier alpha value is -2.63. The summed E-state index contributed by atoms with van der Waals surface area (Å²) in [7, 11) is 3.33. The van der Waals surface area contributed by atoms with Crippen molar-refractivity contribution in [2.45, 2.75) is 12.8 Å². The van der Waals surface area contributed by atoms with E-state index in [2.05, 4.69) is 23.5 Å². The van der Waals surface area contributed by atoms with Crippen molar-refractivity contribution in [1.82, 2.24) is 4.90 Å². The van der Waals surface area contributed by atoms with Gasteiger partial charge in [-0.15, -0.1) is 11.3 Å². The highest BCUT2D eigenvalue weighted by molar-refractivity contribution is 7.17. The number of benzene rings is 2. The third kappa shape index (κ3) is 3.43. The molecule has 0 saturated heterocycles. The summed E-state index contributed by atoms with van der Waals surface area (Å²) in [6, 6.07) is 15.3. The zero-order chi connectivity index (χ0) is 19.8. The maximum Gasteiger partial charge on any atom is 0.265 e. The summed E-state index contributed by atoms with van der Waals surface area (Å²) >= 11 is 7.66. The van der Waals surface area contributed by atoms with Crippen LogP contribution in [0.15, 0.2) is 48.5 Å². The van der Waals surface area contributed by atoms with Crippen molar-refractivity contribution in [3.8, 4) is 10.4 Å². The zero-order valence-electron chi connectivity index (χ0n) is 15.6. The van der Waals surface area contributed by atoms with E-state index in [1.807, 2.05) is 12.1 Å². The van der Waals surface area contributed by atoms with Crippen LogP contribution in [0.3, 0.4) is 0 Å². The number of hydrogen-bond donors (Lipinski definition) is 1. The molecule has 2 amide bonds. The average molecular weight is 411 g/mol. The Balaban J connectivity index is 1.60. The van der Waals surface area contributed by atoms with E-state index in [1.54, 1.807) is 32.3 Å². The molecule has 3 aromatic rings. The molecule has 0 spiro atoms. The lowest BCUT2D eigenvalue weighted by Gasteiger charge is -2.15. The fraction of sp³-hybridized carbons (Fsp3) is 0.182. The van der Waals surface area contributed by atoms with Gasteiger partial charge >= 0.3 is 0 Å². The smallest absolute Gasteiger partial charge is 0.265 e. The fourth-order valence-corrected chi connectivity index (χ4v) is 4.75. The predicted octanol–water partition coefficient (Wildman–Crippen LogP) is 5.12. The van der Waals surface area contributed by atoms with E-state index >= 15 is 0 Å². The second-order valence-electron chi connectivity index (χ2n) is 6.97. The fourth-order valence-electron chi connectivity index (χ4n) is 3.38. The van der Waals surface area contributed by atoms with Crippen molar-refractivity contribution in [1.29, 1.82) is 0 Å². The Morgan fingerprint density at radius 1 is 1.04 bits per heavy atom. The Labute approximate surface area is 172 Å². The topological polar surface area (TPSA) is 49.4 Å². The van der Waals surface area contributed by atoms with E-state index in [4.69, 9.17) is 11.6 Å². The quantitative estimate of drug-likeness (QED) is 0.651. The van der Waals surface area contributed by atoms with Gasteiger partial charge in [0.2, 0.25) is 0 Å². The number of rotatable bonds is 3. The molecule has 4 rings (SSSR count). The van der Waals surface area contributed by atoms with Crippen LogP contribution in [-0.4, -0.2) is 30.8 Å². The van der Waals surface area contributed by atoms with Gasteiger partial charge in [0.05, 0.1) is 15.5 Å². The lowest BCUT2D eigenvalue weighted by atomic mass is 9.91. The minimum atomic E-state index is -0.204. The van der Waals surface area contributed by atoms with Crippen molar-refractivity contribution < 1.29 is 9.59 Å². The SMILES string of the molecule is CN(C)C(=O)c1cc(NC(=O)c2cc3c(s2)-c2ccccc2CC3)ccc1Cl. The van der Waals surface area contributed by atoms with Crippen LogP contribution < -0.4 is 5.32 Å². The van der Waals surface area contributed by atoms with Gasteiger partial charge in [-0.2, -0.15) is 0 Å². The van der Waals surface area contributed by atoms with Gasteiger partial charge in [0.25, 0.3) is 11.8 Å². The number of carbonyl (C=O) groups is 2. The summed E-state index contributed by atoms with van der Waals surface area (Å²) in [6.45, 7) is 0. The highest BCUT2D eigenvalue weighted by atomic mass is 35.5. The lowest BCUT2D eigenvalue weighted by molar-refractivity contribution is 0.0827. The number of anilines is 1. The van der Waals surface area contributed by atoms with E-state index < -0.39 is 0 Å². The number of amides is 2. The molecule has 1 aliphatic carbocycles. The van der Waals surface area contributed by atoms with Crippen LogP contribution in [0.25, 0.3) is 10.4 Å². The van der Waals surface area contributed by atoms with Gasteiger partial charge in [0, 0.05) is 24.7 Å². The van der Waals surface area contributed by atoms with Crippen LogP contribution >= 0.6 is 22.9 Å². The second-order valence-corrected chi connectivity index (χ2v) is 8.43. The normalized spacial score (nSPS) is 12.1. The van der Waals surface area contributed by atoms with Crippen LogP contribution in [0.1, 0.15) is 31.2 Å². The van der Waals surface area contributed by atoms with Crippen LogP contribution in [-0.2, 0) is 12.8 Å². The highest BCUT2D eigenvalue weighted by Gasteiger charge is 2.22. The Bertz CT molecular complexity index is 1090. The number of fused-ring (bicyclic) bond motifs is 3. The van der Waals surface area contributed by atoms with Crippen molar-refractivity contribution in [3.63, 3.8) is 0 Å². The molecule has 4 nitrogen and oxygen atoms in total. The summed E-state index contributed by atoms with van der Waals surface area (Å²) in [4.78, 5) is 28.4. The molecule has 28 heavy (non-hydrogen) atoms. The number of aryl methyl sites for hydroxylation is 2. The van der Waals surface area contributed by atoms with Crippen LogP contribution in [0.5, 0.6) is 0 Å². The Morgan fingerprint density at radius 3 is 2.57 bits per heavy atom. The lowest BCUT2D eigenvalue weighted by Crippen LogP contribution is -2.22. The van der Waals surface area contributed by atoms with Crippen molar-refractivity contribution in [2.24, 2.45) is 0 Å². The molecule has 1 heterocycles. The average Bonchev–Trinajstić information content (AvgIpc) is 3.14. The van der Waals surface area contributed by atoms with E-state index in [-0.39, 0.29) is 11.8 Å². The van der Waals surface area contributed by atoms with Gasteiger partial charge in [-0.3, -0.25) is 9.59 Å². The van der Waals surface area contributed by atoms with Gasteiger partial charge in [0.15, 0.2) is 0 Å². The standard InChI is InChI=1S/C22H19ClN2O2S/c1-25(2)22(27)17-12-15(9-10-18(17)23)24-21(26)19-11-14-8-7-13-5-3-4-6-16(13)20(14)28-19/h3-6,9-12H,7-8H2,1-2H3,(H,24,26). The number of hydrogen-bond acceptors (Lipinski definition) is 3. The zero-order valence-corrected chi connectivity index (χ0v) is 17.2. The summed E-state index contributed by atoms with van der Waals surface area (Å²) in [6.07, 6.45) is 1.94. The molecular formula is C22H19ClN2O2S. The first kappa shape index (κ1) is 18.7. The van der Waals surface area contributed by atoms with Gasteiger partial charge in [-0.05, 0) is 53.8 Å². The van der Waals surface area contributed by atoms with E-state index in [1.165, 1.54) is 37.8 Å². The van der Waals surface area contributed by atoms with Crippen LogP contribution in [0.4, 0.5) is 5.69 Å². The third-order valence-corrected chi connectivity index (χ3v) is 6.36. The van der Waals surface area contributed by atoms with Crippen molar-refractivity contribution >= 4 is 40.4 Å². The van der Waals surface area contributed by atoms with Gasteiger partial charge in [-0.25, -0.2) is 0 Å². The molecule has 1 N–H and O–H groups in total. The van der Waals surface area contributed by atoms with E-state index in [9.17, 15) is 9.59 Å². The molecule has 0 unspecified atom stereocenters. The molecule has 0 fully saturated rings. The largest absolute Gasteiger partial charge is 0.345 e. The van der Waals surface area contributed by atoms with Crippen molar-refractivity contribution in [3.05, 3.63) is 75.1 Å². The van der Waals surface area contributed by atoms with Gasteiger partial charge < -0.3 is 10.2 Å². The molecule has 2 aromatic carbocycles. The minimum Gasteiger partial charge on any atom is -0.345 e. The van der Waals surface area contributed by atoms with E-state index in [0.717, 1.165) is 12.8 Å². The molecule has 0 radical (unpaired) electrons. The van der Waals surface area contributed by atoms with Crippen molar-refractivity contribution in [2.75, 3.05) is 19.4 Å². The molecule has 0 bridgehead atoms. The molecule has 1 aromatic heterocycles. The summed E-state index contributed by atoms with van der Waals surface area (Å²) in [5.41, 5.74) is 4.68. The third-order valence-electron chi connectivity index (χ3n) is 4.82. The second kappa shape index (κ2) is 7.41. The van der Waals surface area contributed by atoms with E-state index in [0.29, 0.717) is 21.2 Å². The first-order valence-electron chi connectivity index (χ1n) is 8.97. The highest BCUT2D eigenvalue weighted by Crippen LogP contribution is 2.39. The summed E-state index contributed by atoms with van der Waals surface area (Å²) < 4.78 is 0. The molecule has 142 valence electrons. The number of nitrogens with zero attached hydrogens (tertiary/aromatic N) is 1. The number of carbonyl (C=O) groups excluding carboxylic acids is 2. The molecule has 6 heteroatoms. The molecule has 0 atom stereocenters. The monoisotopic (exact) mass is 410 g/mol. The molecule has 0 aliphatic heterocycles. The summed E-state index contributed by atoms with van der Waals surface area (Å²) in [5.74, 6) is -0.383. The van der Waals surface area contributed by atoms with Gasteiger partial charge in [0.1, 0.15) is 0 Å². The number of thiophene rings is 1.